The molecule has 0 N–H and O–H groups in total. The lowest BCUT2D eigenvalue weighted by atomic mass is 9.89. The van der Waals surface area contributed by atoms with Gasteiger partial charge < -0.3 is 0 Å². The fourth-order valence-corrected chi connectivity index (χ4v) is 12.6. The third kappa shape index (κ3) is 7.05. The van der Waals surface area contributed by atoms with Crippen LogP contribution in [0.3, 0.4) is 0 Å². The van der Waals surface area contributed by atoms with Crippen molar-refractivity contribution in [1.82, 2.24) is 0 Å². The van der Waals surface area contributed by atoms with E-state index in [2.05, 4.69) is 168 Å². The highest BCUT2D eigenvalue weighted by Crippen LogP contribution is 2.52. The van der Waals surface area contributed by atoms with Gasteiger partial charge in [0.05, 0.1) is 0 Å². The fraction of sp³-hybridized carbons (Fsp3) is 0.250. The molecule has 258 valence electrons. The minimum absolute atomic E-state index is 0.799. The van der Waals surface area contributed by atoms with Crippen LogP contribution in [-0.4, -0.2) is 0 Å². The molecule has 0 spiro atoms. The monoisotopic (exact) mass is 704 g/mol. The summed E-state index contributed by atoms with van der Waals surface area (Å²) in [6.07, 6.45) is 0. The molecule has 0 fully saturated rings. The quantitative estimate of drug-likeness (QED) is 0.151. The molecule has 0 saturated heterocycles. The Bertz CT molecular complexity index is 2130. The first kappa shape index (κ1) is 36.6. The number of hydrogen-bond donors (Lipinski definition) is 0. The minimum Gasteiger partial charge on any atom is -0.175 e. The van der Waals surface area contributed by atoms with Gasteiger partial charge in [0, 0.05) is 11.1 Å². The molecule has 0 aromatic heterocycles. The van der Waals surface area contributed by atoms with Gasteiger partial charge in [0.15, 0.2) is 5.30 Å². The largest absolute Gasteiger partial charge is 0.216 e. The van der Waals surface area contributed by atoms with E-state index in [4.69, 9.17) is 0 Å². The highest BCUT2D eigenvalue weighted by atomic mass is 32.0. The summed E-state index contributed by atoms with van der Waals surface area (Å²) < 4.78 is 15.7. The Labute approximate surface area is 309 Å². The SMILES string of the molecule is Cc1cc(C)c(-c2cccc(-c3c(C)cc(C)cc3C)c2[P-][P+](=O)c2c(-c3c(C)cc(C)cc3C)cccc2-c2c(C)cc(C)cc2C)c(C)c1. The Morgan fingerprint density at radius 2 is 0.608 bits per heavy atom. The maximum absolute atomic E-state index is 15.7. The molecule has 51 heavy (non-hydrogen) atoms. The molecule has 0 radical (unpaired) electrons. The van der Waals surface area contributed by atoms with Crippen LogP contribution in [0.2, 0.25) is 0 Å². The second-order valence-corrected chi connectivity index (χ2v) is 18.2. The van der Waals surface area contributed by atoms with Crippen molar-refractivity contribution in [2.75, 3.05) is 0 Å². The normalized spacial score (nSPS) is 11.9. The predicted octanol–water partition coefficient (Wildman–Crippen LogP) is 13.7. The van der Waals surface area contributed by atoms with Gasteiger partial charge in [0.2, 0.25) is 7.49 Å². The Morgan fingerprint density at radius 1 is 0.373 bits per heavy atom. The zero-order valence-corrected chi connectivity index (χ0v) is 34.2. The van der Waals surface area contributed by atoms with Crippen LogP contribution in [0.1, 0.15) is 66.8 Å². The second kappa shape index (κ2) is 14.5. The van der Waals surface area contributed by atoms with Crippen LogP contribution in [0.5, 0.6) is 0 Å². The van der Waals surface area contributed by atoms with E-state index in [1.807, 2.05) is 0 Å². The standard InChI is InChI=1S/C48H50OP2/c1-27-19-31(5)43(32(6)20-27)39-15-13-16-40(44-33(7)21-28(2)22-34(44)8)47(39)50-51(49)48-41(45-35(9)23-29(3)24-36(45)10)17-14-18-42(48)46-37(11)25-30(4)26-38(46)12/h13-26H,1-12H3. The molecule has 1 unspecified atom stereocenters. The Kier molecular flexibility index (Phi) is 10.4. The van der Waals surface area contributed by atoms with Crippen molar-refractivity contribution < 1.29 is 4.57 Å². The molecule has 6 aromatic carbocycles. The van der Waals surface area contributed by atoms with Crippen molar-refractivity contribution in [2.24, 2.45) is 0 Å². The molecule has 6 rings (SSSR count). The molecule has 1 atom stereocenters. The third-order valence-electron chi connectivity index (χ3n) is 10.2. The molecule has 0 amide bonds. The molecule has 0 heterocycles. The van der Waals surface area contributed by atoms with E-state index in [1.165, 1.54) is 89.0 Å². The molecule has 3 heteroatoms. The first-order valence-corrected chi connectivity index (χ1v) is 20.8. The fourth-order valence-electron chi connectivity index (χ4n) is 8.77. The van der Waals surface area contributed by atoms with Crippen LogP contribution in [0, 0.1) is 83.1 Å². The van der Waals surface area contributed by atoms with E-state index in [-0.39, 0.29) is 0 Å². The van der Waals surface area contributed by atoms with E-state index in [0.717, 1.165) is 41.1 Å². The van der Waals surface area contributed by atoms with Crippen LogP contribution in [0.4, 0.5) is 0 Å². The highest BCUT2D eigenvalue weighted by molar-refractivity contribution is 8.22. The van der Waals surface area contributed by atoms with Crippen molar-refractivity contribution in [3.63, 3.8) is 0 Å². The van der Waals surface area contributed by atoms with Gasteiger partial charge in [0.1, 0.15) is 0 Å². The molecule has 0 aliphatic heterocycles. The summed E-state index contributed by atoms with van der Waals surface area (Å²) in [5, 5.41) is 2.06. The number of rotatable bonds is 7. The molecule has 1 nitrogen and oxygen atoms in total. The summed E-state index contributed by atoms with van der Waals surface area (Å²) >= 11 is 0. The Balaban J connectivity index is 1.68. The predicted molar refractivity (Wildman–Crippen MR) is 225 cm³/mol. The van der Waals surface area contributed by atoms with E-state index >= 15 is 4.57 Å². The summed E-state index contributed by atoms with van der Waals surface area (Å²) in [7, 11) is -1.15. The van der Waals surface area contributed by atoms with E-state index < -0.39 is 7.49 Å². The topological polar surface area (TPSA) is 17.1 Å². The number of aryl methyl sites for hydroxylation is 12. The molecular weight excluding hydrogens is 654 g/mol. The van der Waals surface area contributed by atoms with Gasteiger partial charge in [-0.2, -0.15) is 8.27 Å². The van der Waals surface area contributed by atoms with Crippen molar-refractivity contribution in [3.8, 4) is 44.5 Å². The van der Waals surface area contributed by atoms with E-state index in [0.29, 0.717) is 0 Å². The molecule has 0 bridgehead atoms. The lowest BCUT2D eigenvalue weighted by Gasteiger charge is -2.25. The van der Waals surface area contributed by atoms with Crippen molar-refractivity contribution in [2.45, 2.75) is 83.1 Å². The van der Waals surface area contributed by atoms with Crippen LogP contribution in [0.15, 0.2) is 84.9 Å². The van der Waals surface area contributed by atoms with Crippen LogP contribution < -0.4 is 10.6 Å². The maximum atomic E-state index is 15.7. The number of benzene rings is 6. The lowest BCUT2D eigenvalue weighted by molar-refractivity contribution is 0.601. The Hall–Kier alpha value is -4.15. The summed E-state index contributed by atoms with van der Waals surface area (Å²) in [4.78, 5) is 0. The molecular formula is C48H50OP2. The zero-order chi connectivity index (χ0) is 36.9. The van der Waals surface area contributed by atoms with Gasteiger partial charge in [-0.3, -0.25) is 0 Å². The van der Waals surface area contributed by atoms with Gasteiger partial charge in [0.25, 0.3) is 0 Å². The van der Waals surface area contributed by atoms with Gasteiger partial charge in [-0.25, -0.2) is 0 Å². The Morgan fingerprint density at radius 3 is 0.882 bits per heavy atom. The van der Waals surface area contributed by atoms with Crippen LogP contribution in [0.25, 0.3) is 44.5 Å². The van der Waals surface area contributed by atoms with E-state index in [1.54, 1.807) is 0 Å². The molecule has 0 saturated carbocycles. The first-order chi connectivity index (χ1) is 24.2. The van der Waals surface area contributed by atoms with Crippen molar-refractivity contribution in [3.05, 3.63) is 152 Å². The van der Waals surface area contributed by atoms with Crippen LogP contribution >= 0.6 is 15.8 Å². The molecule has 0 aliphatic carbocycles. The number of hydrogen-bond acceptors (Lipinski definition) is 1. The van der Waals surface area contributed by atoms with Gasteiger partial charge in [-0.15, -0.1) is 9.87 Å². The smallest absolute Gasteiger partial charge is 0.175 e. The van der Waals surface area contributed by atoms with Gasteiger partial charge in [-0.05, 0) is 173 Å². The van der Waals surface area contributed by atoms with Crippen molar-refractivity contribution in [1.29, 1.82) is 0 Å². The van der Waals surface area contributed by atoms with E-state index in [9.17, 15) is 0 Å². The van der Waals surface area contributed by atoms with Crippen molar-refractivity contribution >= 4 is 26.4 Å². The second-order valence-electron chi connectivity index (χ2n) is 14.9. The van der Waals surface area contributed by atoms with Gasteiger partial charge >= 0.3 is 0 Å². The average Bonchev–Trinajstić information content (AvgIpc) is 3.00. The summed E-state index contributed by atoms with van der Waals surface area (Å²) in [6.45, 7) is 26.3. The summed E-state index contributed by atoms with van der Waals surface area (Å²) in [6, 6.07) is 31.3. The maximum Gasteiger partial charge on any atom is 0.216 e. The summed E-state index contributed by atoms with van der Waals surface area (Å²) in [5.41, 5.74) is 24.1. The van der Waals surface area contributed by atoms with Crippen LogP contribution in [-0.2, 0) is 4.57 Å². The minimum atomic E-state index is -1.95. The molecule has 0 aliphatic rings. The average molecular weight is 705 g/mol. The summed E-state index contributed by atoms with van der Waals surface area (Å²) in [5.74, 6) is 0. The highest BCUT2D eigenvalue weighted by Gasteiger charge is 2.27. The third-order valence-corrected chi connectivity index (χ3v) is 13.7. The lowest BCUT2D eigenvalue weighted by Crippen LogP contribution is -2.12. The van der Waals surface area contributed by atoms with Gasteiger partial charge in [-0.1, -0.05) is 95.1 Å². The molecule has 6 aromatic rings. The zero-order valence-electron chi connectivity index (χ0n) is 32.4. The first-order valence-electron chi connectivity index (χ1n) is 17.9.